The van der Waals surface area contributed by atoms with Crippen LogP contribution in [0.4, 0.5) is 0 Å². The Labute approximate surface area is 139 Å². The van der Waals surface area contributed by atoms with Crippen LogP contribution in [0.5, 0.6) is 0 Å². The van der Waals surface area contributed by atoms with Gasteiger partial charge in [0.05, 0.1) is 23.4 Å². The van der Waals surface area contributed by atoms with Crippen LogP contribution in [0, 0.1) is 5.92 Å². The van der Waals surface area contributed by atoms with E-state index in [9.17, 15) is 13.2 Å². The van der Waals surface area contributed by atoms with E-state index in [0.717, 1.165) is 11.9 Å². The molecule has 23 heavy (non-hydrogen) atoms. The zero-order chi connectivity index (χ0) is 16.4. The molecule has 1 amide bonds. The van der Waals surface area contributed by atoms with Crippen LogP contribution >= 0.6 is 11.3 Å². The summed E-state index contributed by atoms with van der Waals surface area (Å²) in [7, 11) is -3.26. The van der Waals surface area contributed by atoms with Gasteiger partial charge in [-0.2, -0.15) is 5.10 Å². The average molecular weight is 354 g/mol. The normalized spacial score (nSPS) is 18.5. The van der Waals surface area contributed by atoms with E-state index in [1.807, 2.05) is 22.2 Å². The molecule has 0 bridgehead atoms. The second kappa shape index (κ2) is 6.42. The number of thiophene rings is 1. The maximum Gasteiger partial charge on any atom is 0.264 e. The molecule has 3 rings (SSSR count). The van der Waals surface area contributed by atoms with Crippen molar-refractivity contribution in [1.29, 1.82) is 0 Å². The Bertz CT molecular complexity index is 783. The number of nitrogens with zero attached hydrogens (tertiary/aromatic N) is 3. The van der Waals surface area contributed by atoms with Crippen molar-refractivity contribution in [2.75, 3.05) is 19.3 Å². The lowest BCUT2D eigenvalue weighted by atomic mass is 10.1. The van der Waals surface area contributed by atoms with Crippen molar-refractivity contribution in [2.24, 2.45) is 5.92 Å². The summed E-state index contributed by atoms with van der Waals surface area (Å²) in [6.45, 7) is 1.83. The van der Waals surface area contributed by atoms with Gasteiger partial charge in [0.2, 0.25) is 10.0 Å². The van der Waals surface area contributed by atoms with Gasteiger partial charge in [-0.1, -0.05) is 6.07 Å². The van der Waals surface area contributed by atoms with Gasteiger partial charge in [0, 0.05) is 31.7 Å². The van der Waals surface area contributed by atoms with E-state index in [1.54, 1.807) is 17.2 Å². The number of fused-ring (bicyclic) bond motifs is 1. The Balaban J connectivity index is 1.81. The third-order valence-corrected chi connectivity index (χ3v) is 5.27. The second-order valence-corrected chi connectivity index (χ2v) is 8.43. The molecule has 9 heteroatoms. The SMILES string of the molecule is CS(=O)(=O)NCC1CN(C(=O)c2cccs2)Cc2ccnn2C1. The Hall–Kier alpha value is -1.71. The predicted molar refractivity (Wildman–Crippen MR) is 87.6 cm³/mol. The molecule has 1 N–H and O–H groups in total. The van der Waals surface area contributed by atoms with Crippen molar-refractivity contribution < 1.29 is 13.2 Å². The molecule has 2 aromatic rings. The summed E-state index contributed by atoms with van der Waals surface area (Å²) < 4.78 is 27.1. The summed E-state index contributed by atoms with van der Waals surface area (Å²) in [6, 6.07) is 5.54. The number of aromatic nitrogens is 2. The highest BCUT2D eigenvalue weighted by atomic mass is 32.2. The Morgan fingerprint density at radius 2 is 2.26 bits per heavy atom. The fraction of sp³-hybridized carbons (Fsp3) is 0.429. The first-order chi connectivity index (χ1) is 10.9. The molecule has 2 aromatic heterocycles. The predicted octanol–water partition coefficient (Wildman–Crippen LogP) is 0.766. The quantitative estimate of drug-likeness (QED) is 0.879. The summed E-state index contributed by atoms with van der Waals surface area (Å²) >= 11 is 1.41. The van der Waals surface area contributed by atoms with Crippen LogP contribution in [0.15, 0.2) is 29.8 Å². The van der Waals surface area contributed by atoms with Crippen LogP contribution in [0.2, 0.25) is 0 Å². The molecule has 1 aliphatic rings. The van der Waals surface area contributed by atoms with Crippen LogP contribution in [-0.4, -0.2) is 48.4 Å². The zero-order valence-corrected chi connectivity index (χ0v) is 14.3. The van der Waals surface area contributed by atoms with E-state index in [2.05, 4.69) is 9.82 Å². The van der Waals surface area contributed by atoms with Crippen LogP contribution in [0.1, 0.15) is 15.4 Å². The molecule has 1 aliphatic heterocycles. The Morgan fingerprint density at radius 3 is 2.96 bits per heavy atom. The number of sulfonamides is 1. The molecule has 3 heterocycles. The number of carbonyl (C=O) groups excluding carboxylic acids is 1. The van der Waals surface area contributed by atoms with E-state index in [1.165, 1.54) is 11.3 Å². The topological polar surface area (TPSA) is 84.3 Å². The van der Waals surface area contributed by atoms with Crippen molar-refractivity contribution in [3.63, 3.8) is 0 Å². The summed E-state index contributed by atoms with van der Waals surface area (Å²) in [4.78, 5) is 15.1. The number of amides is 1. The van der Waals surface area contributed by atoms with Crippen molar-refractivity contribution >= 4 is 27.3 Å². The standard InChI is InChI=1S/C14H18N4O3S2/c1-23(20,21)16-7-11-8-17(14(19)13-3-2-6-22-13)10-12-4-5-15-18(12)9-11/h2-6,11,16H,7-10H2,1H3. The van der Waals surface area contributed by atoms with Crippen molar-refractivity contribution in [1.82, 2.24) is 19.4 Å². The number of nitrogens with one attached hydrogen (secondary N) is 1. The van der Waals surface area contributed by atoms with Gasteiger partial charge < -0.3 is 4.90 Å². The molecule has 0 radical (unpaired) electrons. The first-order valence-corrected chi connectivity index (χ1v) is 9.97. The molecular weight excluding hydrogens is 336 g/mol. The van der Waals surface area contributed by atoms with Crippen LogP contribution in [0.25, 0.3) is 0 Å². The number of hydrogen-bond donors (Lipinski definition) is 1. The first-order valence-electron chi connectivity index (χ1n) is 7.20. The monoisotopic (exact) mass is 354 g/mol. The minimum absolute atomic E-state index is 0.0287. The van der Waals surface area contributed by atoms with Gasteiger partial charge >= 0.3 is 0 Å². The van der Waals surface area contributed by atoms with Crippen LogP contribution in [0.3, 0.4) is 0 Å². The molecule has 0 saturated carbocycles. The fourth-order valence-electron chi connectivity index (χ4n) is 2.64. The lowest BCUT2D eigenvalue weighted by Gasteiger charge is -2.23. The maximum atomic E-state index is 12.7. The average Bonchev–Trinajstić information content (AvgIpc) is 3.12. The third kappa shape index (κ3) is 3.98. The van der Waals surface area contributed by atoms with E-state index in [-0.39, 0.29) is 18.4 Å². The van der Waals surface area contributed by atoms with Crippen molar-refractivity contribution in [3.8, 4) is 0 Å². The van der Waals surface area contributed by atoms with Gasteiger partial charge in [-0.15, -0.1) is 11.3 Å². The minimum Gasteiger partial charge on any atom is -0.332 e. The molecule has 0 aromatic carbocycles. The van der Waals surface area contributed by atoms with Gasteiger partial charge in [-0.05, 0) is 17.5 Å². The third-order valence-electron chi connectivity index (χ3n) is 3.72. The molecule has 1 atom stereocenters. The van der Waals surface area contributed by atoms with Crippen molar-refractivity contribution in [2.45, 2.75) is 13.1 Å². The van der Waals surface area contributed by atoms with Crippen molar-refractivity contribution in [3.05, 3.63) is 40.3 Å². The molecule has 0 aliphatic carbocycles. The van der Waals surface area contributed by atoms with Gasteiger partial charge in [-0.3, -0.25) is 9.48 Å². The Kier molecular flexibility index (Phi) is 4.51. The van der Waals surface area contributed by atoms with Gasteiger partial charge in [0.1, 0.15) is 0 Å². The minimum atomic E-state index is -3.26. The first kappa shape index (κ1) is 16.2. The summed E-state index contributed by atoms with van der Waals surface area (Å²) in [6.07, 6.45) is 2.84. The van der Waals surface area contributed by atoms with Crippen LogP contribution in [-0.2, 0) is 23.1 Å². The van der Waals surface area contributed by atoms with Crippen LogP contribution < -0.4 is 4.72 Å². The van der Waals surface area contributed by atoms with E-state index >= 15 is 0 Å². The highest BCUT2D eigenvalue weighted by Crippen LogP contribution is 2.20. The zero-order valence-electron chi connectivity index (χ0n) is 12.7. The van der Waals surface area contributed by atoms with E-state index in [4.69, 9.17) is 0 Å². The lowest BCUT2D eigenvalue weighted by molar-refractivity contribution is 0.0727. The molecule has 0 saturated heterocycles. The summed E-state index contributed by atoms with van der Waals surface area (Å²) in [5, 5.41) is 6.15. The largest absolute Gasteiger partial charge is 0.332 e. The summed E-state index contributed by atoms with van der Waals surface area (Å²) in [5.41, 5.74) is 0.955. The van der Waals surface area contributed by atoms with Gasteiger partial charge in [0.15, 0.2) is 0 Å². The fourth-order valence-corrected chi connectivity index (χ4v) is 3.87. The second-order valence-electron chi connectivity index (χ2n) is 5.65. The highest BCUT2D eigenvalue weighted by Gasteiger charge is 2.27. The molecule has 7 nitrogen and oxygen atoms in total. The molecular formula is C14H18N4O3S2. The molecule has 1 unspecified atom stereocenters. The summed E-state index contributed by atoms with van der Waals surface area (Å²) in [5.74, 6) is -0.0613. The molecule has 124 valence electrons. The number of hydrogen-bond acceptors (Lipinski definition) is 5. The van der Waals surface area contributed by atoms with E-state index < -0.39 is 10.0 Å². The highest BCUT2D eigenvalue weighted by molar-refractivity contribution is 7.88. The maximum absolute atomic E-state index is 12.7. The Morgan fingerprint density at radius 1 is 1.43 bits per heavy atom. The molecule has 0 spiro atoms. The van der Waals surface area contributed by atoms with Gasteiger partial charge in [-0.25, -0.2) is 13.1 Å². The number of carbonyl (C=O) groups is 1. The van der Waals surface area contributed by atoms with Gasteiger partial charge in [0.25, 0.3) is 5.91 Å². The van der Waals surface area contributed by atoms with E-state index in [0.29, 0.717) is 24.5 Å². The lowest BCUT2D eigenvalue weighted by Crippen LogP contribution is -2.38. The molecule has 0 fully saturated rings. The number of rotatable bonds is 4. The smallest absolute Gasteiger partial charge is 0.264 e.